The zero-order valence-electron chi connectivity index (χ0n) is 14.5. The number of aromatic nitrogens is 3. The Bertz CT molecular complexity index is 1240. The predicted octanol–water partition coefficient (Wildman–Crippen LogP) is 1.96. The molecule has 0 unspecified atom stereocenters. The second-order valence-corrected chi connectivity index (χ2v) is 7.32. The van der Waals surface area contributed by atoms with Crippen molar-refractivity contribution in [1.29, 1.82) is 0 Å². The number of para-hydroxylation sites is 1. The number of amides is 1. The number of hydrogen-bond acceptors (Lipinski definition) is 5. The van der Waals surface area contributed by atoms with Crippen molar-refractivity contribution in [3.63, 3.8) is 0 Å². The summed E-state index contributed by atoms with van der Waals surface area (Å²) in [5, 5.41) is 3.90. The Kier molecular flexibility index (Phi) is 4.33. The van der Waals surface area contributed by atoms with E-state index in [0.717, 1.165) is 19.9 Å². The molecule has 0 saturated heterocycles. The quantitative estimate of drug-likeness (QED) is 0.586. The Hall–Kier alpha value is -3.26. The molecular weight excluding hydrogens is 364 g/mol. The number of carbonyl (C=O) groups excluding carboxylic acids is 1. The zero-order valence-corrected chi connectivity index (χ0v) is 15.3. The summed E-state index contributed by atoms with van der Waals surface area (Å²) in [6, 6.07) is 14.3. The molecule has 0 aliphatic rings. The van der Waals surface area contributed by atoms with E-state index in [2.05, 4.69) is 10.1 Å². The molecule has 0 spiro atoms. The monoisotopic (exact) mass is 380 g/mol. The van der Waals surface area contributed by atoms with Gasteiger partial charge in [0, 0.05) is 7.05 Å². The molecule has 0 radical (unpaired) electrons. The highest BCUT2D eigenvalue weighted by atomic mass is 32.1. The van der Waals surface area contributed by atoms with Gasteiger partial charge in [-0.15, -0.1) is 11.3 Å². The van der Waals surface area contributed by atoms with Crippen LogP contribution in [0.5, 0.6) is 0 Å². The normalized spacial score (nSPS) is 11.1. The fourth-order valence-electron chi connectivity index (χ4n) is 2.89. The first-order valence-corrected chi connectivity index (χ1v) is 9.15. The van der Waals surface area contributed by atoms with E-state index in [1.54, 1.807) is 31.3 Å². The first-order valence-electron chi connectivity index (χ1n) is 8.33. The highest BCUT2D eigenvalue weighted by molar-refractivity contribution is 7.18. The third-order valence-corrected chi connectivity index (χ3v) is 5.33. The molecule has 2 aromatic carbocycles. The minimum atomic E-state index is -0.396. The summed E-state index contributed by atoms with van der Waals surface area (Å²) in [5.41, 5.74) is 0.104. The molecule has 8 heteroatoms. The average Bonchev–Trinajstić information content (AvgIpc) is 3.08. The fraction of sp³-hybridized carbons (Fsp3) is 0.158. The molecule has 0 atom stereocenters. The number of H-pyrrole nitrogens is 1. The van der Waals surface area contributed by atoms with Gasteiger partial charge in [-0.3, -0.25) is 19.5 Å². The molecule has 1 amide bonds. The number of rotatable bonds is 4. The van der Waals surface area contributed by atoms with Crippen LogP contribution in [0.4, 0.5) is 0 Å². The number of benzene rings is 2. The number of nitrogens with zero attached hydrogens (tertiary/aromatic N) is 3. The smallest absolute Gasteiger partial charge is 0.273 e. The van der Waals surface area contributed by atoms with E-state index in [4.69, 9.17) is 0 Å². The lowest BCUT2D eigenvalue weighted by Gasteiger charge is -2.16. The summed E-state index contributed by atoms with van der Waals surface area (Å²) in [6.07, 6.45) is 0. The molecule has 7 nitrogen and oxygen atoms in total. The molecule has 27 heavy (non-hydrogen) atoms. The van der Waals surface area contributed by atoms with E-state index in [0.29, 0.717) is 17.3 Å². The van der Waals surface area contributed by atoms with Gasteiger partial charge >= 0.3 is 0 Å². The maximum absolute atomic E-state index is 12.6. The molecule has 0 saturated carbocycles. The fourth-order valence-corrected chi connectivity index (χ4v) is 3.91. The van der Waals surface area contributed by atoms with Crippen LogP contribution in [-0.4, -0.2) is 32.6 Å². The molecule has 0 aliphatic heterocycles. The molecule has 0 bridgehead atoms. The summed E-state index contributed by atoms with van der Waals surface area (Å²) >= 11 is 1.53. The molecule has 2 heterocycles. The summed E-state index contributed by atoms with van der Waals surface area (Å²) in [5.74, 6) is -0.290. The van der Waals surface area contributed by atoms with Crippen molar-refractivity contribution in [2.24, 2.45) is 0 Å². The van der Waals surface area contributed by atoms with Crippen LogP contribution in [0, 0.1) is 0 Å². The van der Waals surface area contributed by atoms with Crippen LogP contribution < -0.4 is 11.1 Å². The van der Waals surface area contributed by atoms with Crippen LogP contribution in [0.25, 0.3) is 21.0 Å². The highest BCUT2D eigenvalue weighted by Gasteiger charge is 2.15. The van der Waals surface area contributed by atoms with Crippen LogP contribution in [0.15, 0.2) is 58.1 Å². The van der Waals surface area contributed by atoms with Crippen molar-refractivity contribution in [2.75, 3.05) is 7.05 Å². The van der Waals surface area contributed by atoms with Gasteiger partial charge in [-0.1, -0.05) is 24.3 Å². The number of aromatic amines is 1. The summed E-state index contributed by atoms with van der Waals surface area (Å²) in [7, 11) is 1.65. The van der Waals surface area contributed by atoms with Crippen molar-refractivity contribution < 1.29 is 4.79 Å². The minimum absolute atomic E-state index is 0.236. The minimum Gasteiger partial charge on any atom is -0.337 e. The van der Waals surface area contributed by atoms with Crippen LogP contribution in [0.1, 0.15) is 5.01 Å². The molecular formula is C19H16N4O3S. The van der Waals surface area contributed by atoms with Gasteiger partial charge < -0.3 is 4.90 Å². The highest BCUT2D eigenvalue weighted by Crippen LogP contribution is 2.22. The van der Waals surface area contributed by atoms with E-state index in [1.165, 1.54) is 16.2 Å². The standard InChI is InChI=1S/C19H16N4O3S/c1-22(10-16-20-14-8-4-5-9-15(14)27-16)17(24)11-23-19(26)13-7-3-2-6-12(13)18(25)21-23/h2-9H,10-11H2,1H3,(H,21,25). The van der Waals surface area contributed by atoms with Crippen molar-refractivity contribution in [3.05, 3.63) is 74.2 Å². The van der Waals surface area contributed by atoms with Gasteiger partial charge in [0.15, 0.2) is 0 Å². The second kappa shape index (κ2) is 6.81. The summed E-state index contributed by atoms with van der Waals surface area (Å²) in [4.78, 5) is 43.2. The summed E-state index contributed by atoms with van der Waals surface area (Å²) in [6.45, 7) is 0.102. The Balaban J connectivity index is 1.56. The topological polar surface area (TPSA) is 88.1 Å². The molecule has 4 aromatic rings. The van der Waals surface area contributed by atoms with Gasteiger partial charge in [-0.2, -0.15) is 0 Å². The molecule has 0 fully saturated rings. The van der Waals surface area contributed by atoms with E-state index < -0.39 is 11.1 Å². The Morgan fingerprint density at radius 2 is 1.81 bits per heavy atom. The van der Waals surface area contributed by atoms with Crippen LogP contribution in [-0.2, 0) is 17.9 Å². The molecule has 2 aromatic heterocycles. The third-order valence-electron chi connectivity index (χ3n) is 4.31. The molecule has 0 aliphatic carbocycles. The van der Waals surface area contributed by atoms with Crippen molar-refractivity contribution in [3.8, 4) is 0 Å². The number of fused-ring (bicyclic) bond motifs is 2. The number of hydrogen-bond donors (Lipinski definition) is 1. The van der Waals surface area contributed by atoms with Gasteiger partial charge in [0.25, 0.3) is 11.1 Å². The number of carbonyl (C=O) groups is 1. The lowest BCUT2D eigenvalue weighted by Crippen LogP contribution is -2.37. The first kappa shape index (κ1) is 17.2. The summed E-state index contributed by atoms with van der Waals surface area (Å²) < 4.78 is 2.12. The van der Waals surface area contributed by atoms with Crippen LogP contribution >= 0.6 is 11.3 Å². The number of thiazole rings is 1. The van der Waals surface area contributed by atoms with Crippen molar-refractivity contribution in [1.82, 2.24) is 19.7 Å². The van der Waals surface area contributed by atoms with E-state index in [9.17, 15) is 14.4 Å². The van der Waals surface area contributed by atoms with Crippen LogP contribution in [0.2, 0.25) is 0 Å². The lowest BCUT2D eigenvalue weighted by molar-refractivity contribution is -0.131. The number of nitrogens with one attached hydrogen (secondary N) is 1. The third kappa shape index (κ3) is 3.26. The largest absolute Gasteiger partial charge is 0.337 e. The van der Waals surface area contributed by atoms with Gasteiger partial charge in [0.2, 0.25) is 5.91 Å². The van der Waals surface area contributed by atoms with Crippen molar-refractivity contribution in [2.45, 2.75) is 13.1 Å². The molecule has 136 valence electrons. The van der Waals surface area contributed by atoms with E-state index in [-0.39, 0.29) is 12.5 Å². The van der Waals surface area contributed by atoms with Gasteiger partial charge in [-0.05, 0) is 24.3 Å². The van der Waals surface area contributed by atoms with Gasteiger partial charge in [0.05, 0.1) is 27.5 Å². The maximum Gasteiger partial charge on any atom is 0.273 e. The van der Waals surface area contributed by atoms with Crippen molar-refractivity contribution >= 4 is 38.2 Å². The van der Waals surface area contributed by atoms with Crippen LogP contribution in [0.3, 0.4) is 0 Å². The zero-order chi connectivity index (χ0) is 19.0. The second-order valence-electron chi connectivity index (χ2n) is 6.20. The van der Waals surface area contributed by atoms with E-state index >= 15 is 0 Å². The van der Waals surface area contributed by atoms with Gasteiger partial charge in [-0.25, -0.2) is 9.67 Å². The molecule has 1 N–H and O–H groups in total. The number of likely N-dealkylation sites (N-methyl/N-ethyl adjacent to an activating group) is 1. The Labute approximate surface area is 157 Å². The van der Waals surface area contributed by atoms with Gasteiger partial charge in [0.1, 0.15) is 11.6 Å². The Morgan fingerprint density at radius 1 is 1.11 bits per heavy atom. The first-order chi connectivity index (χ1) is 13.0. The Morgan fingerprint density at radius 3 is 2.59 bits per heavy atom. The average molecular weight is 380 g/mol. The lowest BCUT2D eigenvalue weighted by atomic mass is 10.2. The maximum atomic E-state index is 12.6. The predicted molar refractivity (Wildman–Crippen MR) is 105 cm³/mol. The molecule has 4 rings (SSSR count). The SMILES string of the molecule is CN(Cc1nc2ccccc2s1)C(=O)Cn1[nH]c(=O)c2ccccc2c1=O. The van der Waals surface area contributed by atoms with E-state index in [1.807, 2.05) is 24.3 Å².